The monoisotopic (exact) mass is 814 g/mol. The first-order valence-corrected chi connectivity index (χ1v) is 37.4. The standard InChI is InChI=1S/2C17H15.C10H18Si.2CH3.Hf/c2*1-12-9-13(2)11-15(10-12)17-8-4-6-14-5-3-7-16(14)17;1-2-6-9(5-1)11-10-7-3-4-8-10;;;/h2*3-11H,1-2H3;9-10H,1-8H2;2*1H3;. The number of allylic oxidation sites excluding steroid dienone is 2. The van der Waals surface area contributed by atoms with Crippen molar-refractivity contribution in [3.63, 3.8) is 0 Å². The van der Waals surface area contributed by atoms with E-state index < -0.39 is 22.6 Å². The Morgan fingerprint density at radius 3 is 1.27 bits per heavy atom. The first-order chi connectivity index (χ1) is 23.1. The Kier molecular flexibility index (Phi) is 8.39. The predicted molar refractivity (Wildman–Crippen MR) is 208 cm³/mol. The van der Waals surface area contributed by atoms with E-state index in [9.17, 15) is 0 Å². The molecule has 0 amide bonds. The number of hydrogen-bond acceptors (Lipinski definition) is 0. The molecule has 4 aliphatic carbocycles. The summed E-state index contributed by atoms with van der Waals surface area (Å²) in [5.41, 5.74) is 18.8. The van der Waals surface area contributed by atoms with Gasteiger partial charge in [0, 0.05) is 0 Å². The van der Waals surface area contributed by atoms with Crippen LogP contribution in [-0.2, 0) is 17.1 Å². The van der Waals surface area contributed by atoms with Crippen molar-refractivity contribution in [2.24, 2.45) is 0 Å². The van der Waals surface area contributed by atoms with Crippen molar-refractivity contribution < 1.29 is 17.1 Å². The van der Waals surface area contributed by atoms with Crippen LogP contribution in [-0.4, -0.2) is 5.49 Å². The van der Waals surface area contributed by atoms with Gasteiger partial charge in [-0.25, -0.2) is 0 Å². The molecule has 246 valence electrons. The van der Waals surface area contributed by atoms with E-state index in [1.54, 1.807) is 11.1 Å². The molecule has 2 unspecified atom stereocenters. The van der Waals surface area contributed by atoms with E-state index in [1.807, 2.05) is 0 Å². The fourth-order valence-electron chi connectivity index (χ4n) is 11.6. The van der Waals surface area contributed by atoms with Crippen LogP contribution in [0.1, 0.15) is 103 Å². The average molecular weight is 814 g/mol. The molecule has 2 saturated carbocycles. The van der Waals surface area contributed by atoms with Gasteiger partial charge in [0.1, 0.15) is 0 Å². The van der Waals surface area contributed by atoms with E-state index in [0.717, 1.165) is 11.1 Å². The van der Waals surface area contributed by atoms with Crippen LogP contribution in [0, 0.1) is 27.7 Å². The Morgan fingerprint density at radius 2 is 0.896 bits per heavy atom. The molecule has 4 aromatic carbocycles. The van der Waals surface area contributed by atoms with Gasteiger partial charge < -0.3 is 0 Å². The van der Waals surface area contributed by atoms with E-state index in [-0.39, 0.29) is 0 Å². The van der Waals surface area contributed by atoms with Crippen LogP contribution in [0.2, 0.25) is 20.4 Å². The first-order valence-electron chi connectivity index (χ1n) is 19.0. The summed E-state index contributed by atoms with van der Waals surface area (Å²) in [5.74, 6) is 0. The number of aryl methyl sites for hydroxylation is 4. The van der Waals surface area contributed by atoms with Crippen molar-refractivity contribution in [3.8, 4) is 22.3 Å². The van der Waals surface area contributed by atoms with Crippen molar-refractivity contribution in [3.05, 3.63) is 129 Å². The molecule has 0 radical (unpaired) electrons. The van der Waals surface area contributed by atoms with Crippen LogP contribution in [0.15, 0.2) is 84.9 Å². The molecule has 2 heteroatoms. The molecule has 0 N–H and O–H groups in total. The molecule has 0 bridgehead atoms. The maximum atomic E-state index is 3.03. The van der Waals surface area contributed by atoms with E-state index in [4.69, 9.17) is 0 Å². The second-order valence-corrected chi connectivity index (χ2v) is 62.0. The van der Waals surface area contributed by atoms with E-state index in [1.165, 1.54) is 107 Å². The second kappa shape index (κ2) is 12.3. The van der Waals surface area contributed by atoms with Crippen molar-refractivity contribution in [2.75, 3.05) is 0 Å². The summed E-state index contributed by atoms with van der Waals surface area (Å²) in [7, 11) is 0. The molecular weight excluding hydrogens is 759 g/mol. The molecule has 0 nitrogen and oxygen atoms in total. The quantitative estimate of drug-likeness (QED) is 0.170. The van der Waals surface area contributed by atoms with Crippen LogP contribution < -0.4 is 0 Å². The Hall–Kier alpha value is -2.55. The first kappa shape index (κ1) is 32.6. The van der Waals surface area contributed by atoms with Crippen molar-refractivity contribution >= 4 is 17.6 Å². The zero-order valence-electron chi connectivity index (χ0n) is 30.2. The fourth-order valence-corrected chi connectivity index (χ4v) is 78.5. The van der Waals surface area contributed by atoms with Crippen molar-refractivity contribution in [2.45, 2.75) is 107 Å². The van der Waals surface area contributed by atoms with Crippen molar-refractivity contribution in [1.82, 2.24) is 0 Å². The molecule has 0 spiro atoms. The summed E-state index contributed by atoms with van der Waals surface area (Å²) in [4.78, 5) is 0. The number of hydrogen-bond donors (Lipinski definition) is 0. The van der Waals surface area contributed by atoms with Gasteiger partial charge in [0.15, 0.2) is 0 Å². The molecule has 4 aromatic rings. The zero-order chi connectivity index (χ0) is 33.2. The van der Waals surface area contributed by atoms with Gasteiger partial charge >= 0.3 is 293 Å². The predicted octanol–water partition coefficient (Wildman–Crippen LogP) is 13.8. The summed E-state index contributed by atoms with van der Waals surface area (Å²) in [6.45, 7) is 9.01. The molecule has 4 aliphatic rings. The van der Waals surface area contributed by atoms with Crippen LogP contribution in [0.5, 0.6) is 0 Å². The number of rotatable bonds is 6. The average Bonchev–Trinajstić information content (AvgIpc) is 3.87. The van der Waals surface area contributed by atoms with Crippen LogP contribution in [0.4, 0.5) is 0 Å². The Balaban J connectivity index is 1.38. The third-order valence-electron chi connectivity index (χ3n) is 13.3. The van der Waals surface area contributed by atoms with Gasteiger partial charge in [0.2, 0.25) is 0 Å². The van der Waals surface area contributed by atoms with E-state index in [2.05, 4.69) is 134 Å². The zero-order valence-corrected chi connectivity index (χ0v) is 34.8. The van der Waals surface area contributed by atoms with E-state index >= 15 is 0 Å². The molecule has 8 rings (SSSR count). The summed E-state index contributed by atoms with van der Waals surface area (Å²) in [6, 6.07) is 29.0. The van der Waals surface area contributed by atoms with Crippen LogP contribution in [0.25, 0.3) is 34.4 Å². The second-order valence-electron chi connectivity index (χ2n) is 17.1. The van der Waals surface area contributed by atoms with Gasteiger partial charge in [-0.3, -0.25) is 0 Å². The number of benzene rings is 4. The van der Waals surface area contributed by atoms with E-state index in [0.29, 0.717) is 7.35 Å². The van der Waals surface area contributed by atoms with Gasteiger partial charge in [0.05, 0.1) is 0 Å². The minimum absolute atomic E-state index is 0.600. The summed E-state index contributed by atoms with van der Waals surface area (Å²) in [5, 5.41) is 0. The topological polar surface area (TPSA) is 0 Å². The van der Waals surface area contributed by atoms with Gasteiger partial charge in [-0.2, -0.15) is 0 Å². The normalized spacial score (nSPS) is 20.9. The van der Waals surface area contributed by atoms with Gasteiger partial charge in [-0.1, -0.05) is 0 Å². The molecule has 0 aromatic heterocycles. The Bertz CT molecular complexity index is 1870. The molecule has 0 aliphatic heterocycles. The fraction of sp³-hybridized carbons (Fsp3) is 0.391. The molecule has 48 heavy (non-hydrogen) atoms. The number of fused-ring (bicyclic) bond motifs is 2. The summed E-state index contributed by atoms with van der Waals surface area (Å²) in [6.07, 6.45) is 22.6. The Labute approximate surface area is 291 Å². The van der Waals surface area contributed by atoms with Gasteiger partial charge in [0.25, 0.3) is 0 Å². The molecule has 0 heterocycles. The molecular formula is C46H54HfSi. The van der Waals surface area contributed by atoms with Crippen LogP contribution >= 0.6 is 0 Å². The van der Waals surface area contributed by atoms with Gasteiger partial charge in [-0.15, -0.1) is 0 Å². The third kappa shape index (κ3) is 5.31. The summed E-state index contributed by atoms with van der Waals surface area (Å²) >= 11 is -4.03. The van der Waals surface area contributed by atoms with Gasteiger partial charge in [-0.05, 0) is 0 Å². The molecule has 0 saturated heterocycles. The van der Waals surface area contributed by atoms with Crippen LogP contribution in [0.3, 0.4) is 0 Å². The minimum atomic E-state index is -4.03. The molecule has 2 fully saturated rings. The third-order valence-corrected chi connectivity index (χ3v) is 69.0. The van der Waals surface area contributed by atoms with Crippen molar-refractivity contribution in [1.29, 1.82) is 0 Å². The Morgan fingerprint density at radius 1 is 0.521 bits per heavy atom. The molecule has 2 atom stereocenters. The maximum absolute atomic E-state index is 4.03. The summed E-state index contributed by atoms with van der Waals surface area (Å²) < 4.78 is 7.26. The SMILES string of the molecule is Cc1cc(C)cc(-c2cccc3c2C=C[CH]3[Hf]([CH3])([CH3])([CH]2C=Cc3c(-c4cc(C)cc(C)c4)cccc32)=[Si](C2CCCC2)C2CCCC2)c1.